The number of methoxy groups -OCH3 is 2. The first-order chi connectivity index (χ1) is 15.0. The number of anilines is 1. The standard InChI is InChI=1S/C23H26N4O4/c1-5-14-27(15-6-2)23(29)25-19-12-10-17(11-13-19)22(28)26-24-16-18-8-7-9-20(30-3)21(18)31-4/h5-13,16H,1-2,14-15H2,3-4H3,(H,25,29)(H,26,28)/b24-16+. The summed E-state index contributed by atoms with van der Waals surface area (Å²) in [5, 5.41) is 6.75. The van der Waals surface area contributed by atoms with Gasteiger partial charge in [0.05, 0.1) is 20.4 Å². The van der Waals surface area contributed by atoms with E-state index in [1.54, 1.807) is 66.6 Å². The van der Waals surface area contributed by atoms with Crippen molar-refractivity contribution in [3.8, 4) is 11.5 Å². The lowest BCUT2D eigenvalue weighted by molar-refractivity contribution is 0.0955. The maximum atomic E-state index is 12.3. The maximum absolute atomic E-state index is 12.3. The van der Waals surface area contributed by atoms with Crippen molar-refractivity contribution < 1.29 is 19.1 Å². The fraction of sp³-hybridized carbons (Fsp3) is 0.174. The van der Waals surface area contributed by atoms with Gasteiger partial charge in [-0.25, -0.2) is 10.2 Å². The van der Waals surface area contributed by atoms with Crippen LogP contribution in [0.3, 0.4) is 0 Å². The van der Waals surface area contributed by atoms with Crippen molar-refractivity contribution >= 4 is 23.8 Å². The Kier molecular flexibility index (Phi) is 8.85. The zero-order chi connectivity index (χ0) is 22.6. The van der Waals surface area contributed by atoms with E-state index in [2.05, 4.69) is 29.0 Å². The Morgan fingerprint density at radius 3 is 2.29 bits per heavy atom. The van der Waals surface area contributed by atoms with Gasteiger partial charge in [-0.05, 0) is 36.4 Å². The van der Waals surface area contributed by atoms with Crippen LogP contribution in [0.1, 0.15) is 15.9 Å². The van der Waals surface area contributed by atoms with Crippen LogP contribution < -0.4 is 20.2 Å². The molecule has 0 heterocycles. The second kappa shape index (κ2) is 11.8. The van der Waals surface area contributed by atoms with Crippen LogP contribution in [0.2, 0.25) is 0 Å². The highest BCUT2D eigenvalue weighted by Crippen LogP contribution is 2.29. The molecule has 0 atom stereocenters. The van der Waals surface area contributed by atoms with Crippen LogP contribution in [-0.2, 0) is 0 Å². The fourth-order valence-corrected chi connectivity index (χ4v) is 2.70. The molecule has 31 heavy (non-hydrogen) atoms. The highest BCUT2D eigenvalue weighted by Gasteiger charge is 2.11. The van der Waals surface area contributed by atoms with Gasteiger partial charge >= 0.3 is 6.03 Å². The van der Waals surface area contributed by atoms with Gasteiger partial charge in [-0.2, -0.15) is 5.10 Å². The van der Waals surface area contributed by atoms with Crippen molar-refractivity contribution in [2.45, 2.75) is 0 Å². The molecule has 0 fully saturated rings. The van der Waals surface area contributed by atoms with Gasteiger partial charge in [0.2, 0.25) is 0 Å². The summed E-state index contributed by atoms with van der Waals surface area (Å²) in [6.45, 7) is 8.07. The molecule has 0 aromatic heterocycles. The lowest BCUT2D eigenvalue weighted by Gasteiger charge is -2.19. The van der Waals surface area contributed by atoms with Gasteiger partial charge in [0, 0.05) is 29.9 Å². The van der Waals surface area contributed by atoms with E-state index >= 15 is 0 Å². The molecular weight excluding hydrogens is 396 g/mol. The predicted octanol–water partition coefficient (Wildman–Crippen LogP) is 3.67. The average Bonchev–Trinajstić information content (AvgIpc) is 2.79. The number of hydrazone groups is 1. The van der Waals surface area contributed by atoms with Gasteiger partial charge in [-0.3, -0.25) is 4.79 Å². The van der Waals surface area contributed by atoms with E-state index in [1.165, 1.54) is 13.3 Å². The Morgan fingerprint density at radius 1 is 1.03 bits per heavy atom. The molecule has 8 heteroatoms. The minimum atomic E-state index is -0.393. The van der Waals surface area contributed by atoms with E-state index in [0.29, 0.717) is 41.4 Å². The van der Waals surface area contributed by atoms with Crippen molar-refractivity contribution in [2.75, 3.05) is 32.6 Å². The lowest BCUT2D eigenvalue weighted by Crippen LogP contribution is -2.35. The zero-order valence-corrected chi connectivity index (χ0v) is 17.6. The third kappa shape index (κ3) is 6.46. The predicted molar refractivity (Wildman–Crippen MR) is 122 cm³/mol. The van der Waals surface area contributed by atoms with E-state index in [1.807, 2.05) is 0 Å². The first-order valence-electron chi connectivity index (χ1n) is 9.46. The average molecular weight is 422 g/mol. The van der Waals surface area contributed by atoms with E-state index in [0.717, 1.165) is 0 Å². The molecule has 0 aliphatic rings. The van der Waals surface area contributed by atoms with Crippen LogP contribution in [0.25, 0.3) is 0 Å². The topological polar surface area (TPSA) is 92.3 Å². The van der Waals surface area contributed by atoms with E-state index in [4.69, 9.17) is 9.47 Å². The molecule has 2 aromatic carbocycles. The van der Waals surface area contributed by atoms with Gasteiger partial charge in [0.15, 0.2) is 11.5 Å². The molecule has 3 amide bonds. The third-order valence-corrected chi connectivity index (χ3v) is 4.19. The monoisotopic (exact) mass is 422 g/mol. The number of urea groups is 1. The quantitative estimate of drug-likeness (QED) is 0.347. The highest BCUT2D eigenvalue weighted by atomic mass is 16.5. The van der Waals surface area contributed by atoms with Gasteiger partial charge in [0.1, 0.15) is 0 Å². The molecular formula is C23H26N4O4. The first kappa shape index (κ1) is 23.2. The largest absolute Gasteiger partial charge is 0.493 e. The number of hydrogen-bond donors (Lipinski definition) is 2. The third-order valence-electron chi connectivity index (χ3n) is 4.19. The van der Waals surface area contributed by atoms with Crippen molar-refractivity contribution in [1.82, 2.24) is 10.3 Å². The number of nitrogens with one attached hydrogen (secondary N) is 2. The normalized spacial score (nSPS) is 10.3. The number of carbonyl (C=O) groups is 2. The smallest absolute Gasteiger partial charge is 0.322 e. The maximum Gasteiger partial charge on any atom is 0.322 e. The molecule has 0 spiro atoms. The summed E-state index contributed by atoms with van der Waals surface area (Å²) in [7, 11) is 3.07. The van der Waals surface area contributed by atoms with Crippen molar-refractivity contribution in [2.24, 2.45) is 5.10 Å². The summed E-state index contributed by atoms with van der Waals surface area (Å²) in [6.07, 6.45) is 4.75. The molecule has 0 saturated heterocycles. The van der Waals surface area contributed by atoms with Gasteiger partial charge < -0.3 is 19.7 Å². The lowest BCUT2D eigenvalue weighted by atomic mass is 10.2. The molecule has 0 aliphatic carbocycles. The Hall–Kier alpha value is -4.07. The molecule has 0 aliphatic heterocycles. The number of carbonyl (C=O) groups excluding carboxylic acids is 2. The molecule has 2 aromatic rings. The Bertz CT molecular complexity index is 945. The first-order valence-corrected chi connectivity index (χ1v) is 9.46. The Balaban J connectivity index is 2.00. The molecule has 2 N–H and O–H groups in total. The molecule has 0 saturated carbocycles. The molecule has 0 bridgehead atoms. The second-order valence-electron chi connectivity index (χ2n) is 6.27. The Labute approximate surface area is 181 Å². The summed E-state index contributed by atoms with van der Waals surface area (Å²) in [5.74, 6) is 0.691. The minimum Gasteiger partial charge on any atom is -0.493 e. The SMILES string of the molecule is C=CCN(CC=C)C(=O)Nc1ccc(C(=O)N/N=C/c2cccc(OC)c2OC)cc1. The number of benzene rings is 2. The van der Waals surface area contributed by atoms with Gasteiger partial charge in [0.25, 0.3) is 5.91 Å². The number of hydrogen-bond acceptors (Lipinski definition) is 5. The highest BCUT2D eigenvalue weighted by molar-refractivity contribution is 5.96. The second-order valence-corrected chi connectivity index (χ2v) is 6.27. The van der Waals surface area contributed by atoms with Gasteiger partial charge in [-0.15, -0.1) is 13.2 Å². The van der Waals surface area contributed by atoms with Crippen molar-refractivity contribution in [3.63, 3.8) is 0 Å². The number of nitrogens with zero attached hydrogens (tertiary/aromatic N) is 2. The van der Waals surface area contributed by atoms with Crippen LogP contribution in [0.4, 0.5) is 10.5 Å². The van der Waals surface area contributed by atoms with Crippen molar-refractivity contribution in [3.05, 3.63) is 78.9 Å². The number of amides is 3. The van der Waals surface area contributed by atoms with E-state index in [-0.39, 0.29) is 6.03 Å². The summed E-state index contributed by atoms with van der Waals surface area (Å²) in [6, 6.07) is 11.5. The van der Waals surface area contributed by atoms with Crippen LogP contribution in [0.15, 0.2) is 72.9 Å². The summed E-state index contributed by atoms with van der Waals surface area (Å²) in [5.41, 5.74) is 4.07. The van der Waals surface area contributed by atoms with Crippen LogP contribution in [0.5, 0.6) is 11.5 Å². The molecule has 0 unspecified atom stereocenters. The minimum absolute atomic E-state index is 0.283. The van der Waals surface area contributed by atoms with Crippen LogP contribution in [-0.4, -0.2) is 50.4 Å². The van der Waals surface area contributed by atoms with E-state index in [9.17, 15) is 9.59 Å². The number of ether oxygens (including phenoxy) is 2. The molecule has 162 valence electrons. The Morgan fingerprint density at radius 2 is 1.71 bits per heavy atom. The fourth-order valence-electron chi connectivity index (χ4n) is 2.70. The van der Waals surface area contributed by atoms with Gasteiger partial charge in [-0.1, -0.05) is 18.2 Å². The van der Waals surface area contributed by atoms with Crippen LogP contribution in [0, 0.1) is 0 Å². The summed E-state index contributed by atoms with van der Waals surface area (Å²) < 4.78 is 10.6. The zero-order valence-electron chi connectivity index (χ0n) is 17.6. The number of rotatable bonds is 10. The van der Waals surface area contributed by atoms with E-state index < -0.39 is 5.91 Å². The summed E-state index contributed by atoms with van der Waals surface area (Å²) >= 11 is 0. The van der Waals surface area contributed by atoms with Crippen LogP contribution >= 0.6 is 0 Å². The molecule has 8 nitrogen and oxygen atoms in total. The molecule has 2 rings (SSSR count). The number of para-hydroxylation sites is 1. The van der Waals surface area contributed by atoms with Crippen molar-refractivity contribution in [1.29, 1.82) is 0 Å². The molecule has 0 radical (unpaired) electrons. The summed E-state index contributed by atoms with van der Waals surface area (Å²) in [4.78, 5) is 26.2.